The average molecular weight is 522 g/mol. The predicted octanol–water partition coefficient (Wildman–Crippen LogP) is 3.32. The molecule has 8 nitrogen and oxygen atoms in total. The Labute approximate surface area is 219 Å². The quantitative estimate of drug-likeness (QED) is 0.362. The van der Waals surface area contributed by atoms with Crippen molar-refractivity contribution in [2.75, 3.05) is 6.54 Å². The number of aromatic nitrogens is 2. The van der Waals surface area contributed by atoms with Crippen LogP contribution in [-0.2, 0) is 28.3 Å². The molecule has 0 spiro atoms. The highest BCUT2D eigenvalue weighted by Crippen LogP contribution is 2.39. The van der Waals surface area contributed by atoms with Gasteiger partial charge in [-0.15, -0.1) is 0 Å². The highest BCUT2D eigenvalue weighted by molar-refractivity contribution is 5.88. The number of hydrogen-bond donors (Lipinski definition) is 2. The van der Waals surface area contributed by atoms with Crippen molar-refractivity contribution < 1.29 is 19.0 Å². The number of esters is 1. The minimum absolute atomic E-state index is 0.0189. The average Bonchev–Trinajstić information content (AvgIpc) is 3.63. The van der Waals surface area contributed by atoms with Crippen LogP contribution in [0.4, 0.5) is 4.39 Å². The van der Waals surface area contributed by atoms with E-state index >= 15 is 0 Å². The zero-order chi connectivity index (χ0) is 26.9. The molecule has 2 aromatic heterocycles. The molecule has 2 atom stereocenters. The third-order valence-electron chi connectivity index (χ3n) is 8.20. The first-order chi connectivity index (χ1) is 18.1. The molecule has 1 aliphatic carbocycles. The van der Waals surface area contributed by atoms with Crippen LogP contribution in [0.15, 0.2) is 33.9 Å². The molecule has 3 aromatic rings. The number of carbonyl (C=O) groups is 1. The van der Waals surface area contributed by atoms with Gasteiger partial charge in [0.1, 0.15) is 12.4 Å². The third-order valence-corrected chi connectivity index (χ3v) is 8.20. The number of hydrogen-bond acceptors (Lipinski definition) is 6. The molecule has 38 heavy (non-hydrogen) atoms. The summed E-state index contributed by atoms with van der Waals surface area (Å²) in [6.45, 7) is 6.54. The van der Waals surface area contributed by atoms with Gasteiger partial charge in [0.2, 0.25) is 0 Å². The van der Waals surface area contributed by atoms with Crippen LogP contribution in [0.2, 0.25) is 0 Å². The fourth-order valence-electron chi connectivity index (χ4n) is 6.10. The number of rotatable bonds is 7. The maximum absolute atomic E-state index is 14.4. The van der Waals surface area contributed by atoms with Crippen LogP contribution >= 0.6 is 0 Å². The van der Waals surface area contributed by atoms with Crippen LogP contribution in [0.25, 0.3) is 22.2 Å². The minimum atomic E-state index is -1.97. The molecule has 0 unspecified atom stereocenters. The zero-order valence-corrected chi connectivity index (χ0v) is 21.8. The van der Waals surface area contributed by atoms with Gasteiger partial charge < -0.3 is 24.3 Å². The van der Waals surface area contributed by atoms with Crippen molar-refractivity contribution >= 4 is 16.9 Å². The summed E-state index contributed by atoms with van der Waals surface area (Å²) in [5.41, 5.74) is -0.361. The van der Waals surface area contributed by atoms with Gasteiger partial charge in [-0.1, -0.05) is 20.8 Å². The minimum Gasteiger partial charge on any atom is -0.458 e. The van der Waals surface area contributed by atoms with E-state index in [1.165, 1.54) is 16.7 Å². The first-order valence-corrected chi connectivity index (χ1v) is 13.4. The number of nitrogens with one attached hydrogen (secondary N) is 1. The number of pyridine rings is 2. The van der Waals surface area contributed by atoms with E-state index in [0.717, 1.165) is 19.3 Å². The summed E-state index contributed by atoms with van der Waals surface area (Å²) in [6, 6.07) is 6.31. The number of nitrogens with zero attached hydrogens (tertiary/aromatic N) is 2. The van der Waals surface area contributed by atoms with Crippen LogP contribution in [-0.4, -0.2) is 32.8 Å². The Hall–Kier alpha value is -3.30. The normalized spacial score (nSPS) is 20.8. The molecule has 0 amide bonds. The van der Waals surface area contributed by atoms with Gasteiger partial charge in [-0.3, -0.25) is 9.59 Å². The second-order valence-electron chi connectivity index (χ2n) is 11.3. The smallest absolute Gasteiger partial charge is 0.343 e. The Balaban J connectivity index is 1.64. The SMILES string of the molecule is CC[C@@]1(O)C(=O)OCc2c1cc1n(c2=O)Cc2c-1c(=O)c1cc(F)ccc1n2[C@H](CNC1CC1)CC(C)C. The molecule has 3 aliphatic rings. The van der Waals surface area contributed by atoms with Crippen LogP contribution in [0, 0.1) is 11.7 Å². The van der Waals surface area contributed by atoms with Gasteiger partial charge in [-0.2, -0.15) is 0 Å². The van der Waals surface area contributed by atoms with E-state index in [1.807, 2.05) is 0 Å². The lowest BCUT2D eigenvalue weighted by molar-refractivity contribution is -0.172. The highest BCUT2D eigenvalue weighted by Gasteiger charge is 2.45. The number of fused-ring (bicyclic) bond motifs is 5. The van der Waals surface area contributed by atoms with Crippen molar-refractivity contribution in [2.24, 2.45) is 5.92 Å². The van der Waals surface area contributed by atoms with E-state index < -0.39 is 22.9 Å². The Kier molecular flexibility index (Phi) is 5.84. The molecule has 6 rings (SSSR count). The van der Waals surface area contributed by atoms with Crippen LogP contribution in [0.3, 0.4) is 0 Å². The largest absolute Gasteiger partial charge is 0.458 e. The van der Waals surface area contributed by atoms with Gasteiger partial charge >= 0.3 is 5.97 Å². The van der Waals surface area contributed by atoms with Gasteiger partial charge in [0, 0.05) is 29.6 Å². The van der Waals surface area contributed by atoms with Gasteiger partial charge in [-0.25, -0.2) is 9.18 Å². The van der Waals surface area contributed by atoms with Gasteiger partial charge in [0.05, 0.1) is 34.6 Å². The summed E-state index contributed by atoms with van der Waals surface area (Å²) in [6.07, 6.45) is 3.11. The highest BCUT2D eigenvalue weighted by atomic mass is 19.1. The predicted molar refractivity (Wildman–Crippen MR) is 140 cm³/mol. The van der Waals surface area contributed by atoms with Crippen molar-refractivity contribution in [1.82, 2.24) is 14.5 Å². The monoisotopic (exact) mass is 521 g/mol. The fourth-order valence-corrected chi connectivity index (χ4v) is 6.10. The number of cyclic esters (lactones) is 1. The van der Waals surface area contributed by atoms with Crippen LogP contribution in [0.5, 0.6) is 0 Å². The summed E-state index contributed by atoms with van der Waals surface area (Å²) in [7, 11) is 0. The van der Waals surface area contributed by atoms with Crippen molar-refractivity contribution in [3.63, 3.8) is 0 Å². The number of ether oxygens (including phenoxy) is 1. The molecule has 200 valence electrons. The second kappa shape index (κ2) is 8.88. The Morgan fingerprint density at radius 2 is 1.97 bits per heavy atom. The first-order valence-electron chi connectivity index (χ1n) is 13.4. The van der Waals surface area contributed by atoms with E-state index in [2.05, 4.69) is 23.7 Å². The molecular formula is C29H32FN3O5. The van der Waals surface area contributed by atoms with E-state index in [0.29, 0.717) is 41.0 Å². The Morgan fingerprint density at radius 1 is 1.21 bits per heavy atom. The molecule has 1 fully saturated rings. The Bertz CT molecular complexity index is 1600. The summed E-state index contributed by atoms with van der Waals surface area (Å²) in [4.78, 5) is 40.1. The lowest BCUT2D eigenvalue weighted by Gasteiger charge is -2.31. The first kappa shape index (κ1) is 25.0. The topological polar surface area (TPSA) is 103 Å². The second-order valence-corrected chi connectivity index (χ2v) is 11.3. The summed E-state index contributed by atoms with van der Waals surface area (Å²) in [5.74, 6) is -0.967. The fraction of sp³-hybridized carbons (Fsp3) is 0.483. The van der Waals surface area contributed by atoms with Crippen LogP contribution in [0.1, 0.15) is 69.3 Å². The summed E-state index contributed by atoms with van der Waals surface area (Å²) in [5, 5.41) is 15.0. The lowest BCUT2D eigenvalue weighted by atomic mass is 9.85. The molecular weight excluding hydrogens is 489 g/mol. The molecule has 0 saturated heterocycles. The zero-order valence-electron chi connectivity index (χ0n) is 21.8. The van der Waals surface area contributed by atoms with E-state index in [9.17, 15) is 23.9 Å². The number of halogens is 1. The number of aliphatic hydroxyl groups is 1. The maximum atomic E-state index is 14.4. The van der Waals surface area contributed by atoms with Crippen molar-refractivity contribution in [1.29, 1.82) is 0 Å². The van der Waals surface area contributed by atoms with Crippen molar-refractivity contribution in [2.45, 2.75) is 77.3 Å². The van der Waals surface area contributed by atoms with Crippen molar-refractivity contribution in [3.05, 3.63) is 67.5 Å². The Morgan fingerprint density at radius 3 is 2.66 bits per heavy atom. The summed E-state index contributed by atoms with van der Waals surface area (Å²) >= 11 is 0. The third kappa shape index (κ3) is 3.74. The summed E-state index contributed by atoms with van der Waals surface area (Å²) < 4.78 is 23.3. The van der Waals surface area contributed by atoms with Crippen LogP contribution < -0.4 is 16.3 Å². The van der Waals surface area contributed by atoms with E-state index in [-0.39, 0.29) is 47.6 Å². The molecule has 2 aliphatic heterocycles. The lowest BCUT2D eigenvalue weighted by Crippen LogP contribution is -2.44. The number of benzene rings is 1. The number of carbonyl (C=O) groups excluding carboxylic acids is 1. The molecule has 1 aromatic carbocycles. The standard InChI is InChI=1S/C29H32FN3O5/c1-4-29(37)21-11-23-25-24(13-32(23)27(35)20(21)14-38-28(29)36)33(18(9-15(2)3)12-31-17-6-7-17)22-8-5-16(30)10-19(22)26(25)34/h5,8,10-11,15,17-18,31,37H,4,6-7,9,12-14H2,1-3H3/t18-,29-/m0/s1. The molecule has 0 bridgehead atoms. The van der Waals surface area contributed by atoms with E-state index in [4.69, 9.17) is 4.74 Å². The molecule has 9 heteroatoms. The molecule has 2 N–H and O–H groups in total. The molecule has 0 radical (unpaired) electrons. The molecule has 4 heterocycles. The van der Waals surface area contributed by atoms with Crippen molar-refractivity contribution in [3.8, 4) is 11.3 Å². The van der Waals surface area contributed by atoms with Gasteiger partial charge in [0.15, 0.2) is 11.0 Å². The van der Waals surface area contributed by atoms with Gasteiger partial charge in [-0.05, 0) is 55.9 Å². The van der Waals surface area contributed by atoms with E-state index in [1.54, 1.807) is 19.1 Å². The maximum Gasteiger partial charge on any atom is 0.343 e. The molecule has 1 saturated carbocycles. The van der Waals surface area contributed by atoms with Gasteiger partial charge in [0.25, 0.3) is 5.56 Å².